The quantitative estimate of drug-likeness (QED) is 0.712. The molecule has 1 aromatic carbocycles. The van der Waals surface area contributed by atoms with Crippen LogP contribution in [0.15, 0.2) is 30.3 Å². The number of hydrogen-bond donors (Lipinski definition) is 1. The summed E-state index contributed by atoms with van der Waals surface area (Å²) in [6, 6.07) is 9.78. The first kappa shape index (κ1) is 9.27. The zero-order chi connectivity index (χ0) is 9.19. The van der Waals surface area contributed by atoms with E-state index < -0.39 is 5.60 Å². The molecule has 0 aliphatic carbocycles. The highest BCUT2D eigenvalue weighted by molar-refractivity contribution is 5.21. The Hall–Kier alpha value is -0.820. The molecule has 0 unspecified atom stereocenters. The van der Waals surface area contributed by atoms with Crippen LogP contribution in [0.3, 0.4) is 0 Å². The fourth-order valence-electron chi connectivity index (χ4n) is 1.11. The monoisotopic (exact) mass is 164 g/mol. The van der Waals surface area contributed by atoms with Crippen LogP contribution in [0.2, 0.25) is 0 Å². The number of aliphatic hydroxyl groups is 1. The van der Waals surface area contributed by atoms with Gasteiger partial charge in [-0.25, -0.2) is 0 Å². The maximum absolute atomic E-state index is 10.1. The van der Waals surface area contributed by atoms with Gasteiger partial charge in [-0.15, -0.1) is 0 Å². The Bertz CT molecular complexity index is 236. The van der Waals surface area contributed by atoms with Crippen molar-refractivity contribution in [3.8, 4) is 0 Å². The molecule has 0 amide bonds. The lowest BCUT2D eigenvalue weighted by atomic mass is 9.85. The zero-order valence-corrected chi connectivity index (χ0v) is 7.91. The molecule has 0 spiro atoms. The van der Waals surface area contributed by atoms with Gasteiger partial charge in [0, 0.05) is 0 Å². The van der Waals surface area contributed by atoms with Crippen molar-refractivity contribution in [1.82, 2.24) is 0 Å². The fourth-order valence-corrected chi connectivity index (χ4v) is 1.11. The molecule has 12 heavy (non-hydrogen) atoms. The van der Waals surface area contributed by atoms with E-state index in [1.807, 2.05) is 51.1 Å². The van der Waals surface area contributed by atoms with Crippen molar-refractivity contribution >= 4 is 0 Å². The Balaban J connectivity index is 2.98. The van der Waals surface area contributed by atoms with Gasteiger partial charge in [0.05, 0.1) is 5.60 Å². The highest BCUT2D eigenvalue weighted by Gasteiger charge is 2.26. The summed E-state index contributed by atoms with van der Waals surface area (Å²) in [4.78, 5) is 0. The third kappa shape index (κ3) is 1.67. The standard InChI is InChI=1S/C11H16O/c1-9(2)11(3,12)10-7-5-4-6-8-10/h4-9,12H,1-3H3/t11-/m0/s1. The molecular weight excluding hydrogens is 148 g/mol. The van der Waals surface area contributed by atoms with E-state index in [1.54, 1.807) is 0 Å². The lowest BCUT2D eigenvalue weighted by Gasteiger charge is -2.28. The molecule has 66 valence electrons. The Morgan fingerprint density at radius 3 is 2.08 bits per heavy atom. The molecule has 0 saturated carbocycles. The molecule has 0 saturated heterocycles. The maximum atomic E-state index is 10.1. The summed E-state index contributed by atoms with van der Waals surface area (Å²) in [5.41, 5.74) is 0.279. The van der Waals surface area contributed by atoms with Gasteiger partial charge in [-0.1, -0.05) is 44.2 Å². The van der Waals surface area contributed by atoms with Crippen LogP contribution in [0.5, 0.6) is 0 Å². The predicted molar refractivity (Wildman–Crippen MR) is 50.9 cm³/mol. The summed E-state index contributed by atoms with van der Waals surface area (Å²) in [7, 11) is 0. The van der Waals surface area contributed by atoms with Crippen LogP contribution >= 0.6 is 0 Å². The molecule has 0 radical (unpaired) electrons. The van der Waals surface area contributed by atoms with E-state index in [9.17, 15) is 5.11 Å². The summed E-state index contributed by atoms with van der Waals surface area (Å²) in [5, 5.41) is 10.1. The largest absolute Gasteiger partial charge is 0.385 e. The summed E-state index contributed by atoms with van der Waals surface area (Å²) in [6.07, 6.45) is 0. The van der Waals surface area contributed by atoms with E-state index >= 15 is 0 Å². The van der Waals surface area contributed by atoms with Crippen molar-refractivity contribution in [2.75, 3.05) is 0 Å². The van der Waals surface area contributed by atoms with E-state index in [0.717, 1.165) is 5.56 Å². The van der Waals surface area contributed by atoms with Gasteiger partial charge in [0.25, 0.3) is 0 Å². The first-order valence-corrected chi connectivity index (χ1v) is 4.33. The molecule has 0 aliphatic rings. The Kier molecular flexibility index (Phi) is 2.53. The maximum Gasteiger partial charge on any atom is 0.0891 e. The van der Waals surface area contributed by atoms with E-state index in [1.165, 1.54) is 0 Å². The Morgan fingerprint density at radius 2 is 1.67 bits per heavy atom. The highest BCUT2D eigenvalue weighted by atomic mass is 16.3. The normalized spacial score (nSPS) is 16.1. The van der Waals surface area contributed by atoms with Crippen LogP contribution in [-0.4, -0.2) is 5.11 Å². The Morgan fingerprint density at radius 1 is 1.17 bits per heavy atom. The van der Waals surface area contributed by atoms with Crippen molar-refractivity contribution in [2.45, 2.75) is 26.4 Å². The molecule has 0 fully saturated rings. The minimum atomic E-state index is -0.707. The van der Waals surface area contributed by atoms with E-state index in [0.29, 0.717) is 0 Å². The van der Waals surface area contributed by atoms with Gasteiger partial charge in [-0.05, 0) is 18.4 Å². The first-order chi connectivity index (χ1) is 5.55. The average molecular weight is 164 g/mol. The molecule has 1 N–H and O–H groups in total. The summed E-state index contributed by atoms with van der Waals surface area (Å²) < 4.78 is 0. The van der Waals surface area contributed by atoms with E-state index in [2.05, 4.69) is 0 Å². The molecule has 1 rings (SSSR count). The topological polar surface area (TPSA) is 20.2 Å². The van der Waals surface area contributed by atoms with Gasteiger partial charge in [-0.2, -0.15) is 0 Å². The van der Waals surface area contributed by atoms with Crippen LogP contribution < -0.4 is 0 Å². The minimum absolute atomic E-state index is 0.236. The van der Waals surface area contributed by atoms with Crippen LogP contribution in [0.4, 0.5) is 0 Å². The first-order valence-electron chi connectivity index (χ1n) is 4.33. The molecule has 0 heterocycles. The molecule has 1 heteroatoms. The summed E-state index contributed by atoms with van der Waals surface area (Å²) in [5.74, 6) is 0.236. The fraction of sp³-hybridized carbons (Fsp3) is 0.455. The summed E-state index contributed by atoms with van der Waals surface area (Å²) >= 11 is 0. The van der Waals surface area contributed by atoms with Gasteiger partial charge in [0.1, 0.15) is 0 Å². The predicted octanol–water partition coefficient (Wildman–Crippen LogP) is 2.55. The van der Waals surface area contributed by atoms with E-state index in [4.69, 9.17) is 0 Å². The van der Waals surface area contributed by atoms with Crippen LogP contribution in [0.1, 0.15) is 26.3 Å². The van der Waals surface area contributed by atoms with Gasteiger partial charge in [-0.3, -0.25) is 0 Å². The second-order valence-electron chi connectivity index (χ2n) is 3.67. The third-order valence-corrected chi connectivity index (χ3v) is 2.48. The smallest absolute Gasteiger partial charge is 0.0891 e. The number of hydrogen-bond acceptors (Lipinski definition) is 1. The van der Waals surface area contributed by atoms with E-state index in [-0.39, 0.29) is 5.92 Å². The zero-order valence-electron chi connectivity index (χ0n) is 7.91. The van der Waals surface area contributed by atoms with Gasteiger partial charge < -0.3 is 5.11 Å². The van der Waals surface area contributed by atoms with Crippen LogP contribution in [0.25, 0.3) is 0 Å². The van der Waals surface area contributed by atoms with Crippen molar-refractivity contribution < 1.29 is 5.11 Å². The van der Waals surface area contributed by atoms with Crippen LogP contribution in [-0.2, 0) is 5.60 Å². The molecular formula is C11H16O. The molecule has 0 aromatic heterocycles. The summed E-state index contributed by atoms with van der Waals surface area (Å²) in [6.45, 7) is 5.90. The van der Waals surface area contributed by atoms with Gasteiger partial charge in [0.2, 0.25) is 0 Å². The second kappa shape index (κ2) is 3.28. The number of rotatable bonds is 2. The van der Waals surface area contributed by atoms with Crippen molar-refractivity contribution in [3.63, 3.8) is 0 Å². The molecule has 1 nitrogen and oxygen atoms in total. The van der Waals surface area contributed by atoms with Crippen LogP contribution in [0, 0.1) is 5.92 Å². The Labute approximate surface area is 74.1 Å². The molecule has 1 atom stereocenters. The lowest BCUT2D eigenvalue weighted by molar-refractivity contribution is 0.00905. The lowest BCUT2D eigenvalue weighted by Crippen LogP contribution is -2.27. The SMILES string of the molecule is CC(C)[C@](C)(O)c1ccccc1. The van der Waals surface area contributed by atoms with Crippen molar-refractivity contribution in [1.29, 1.82) is 0 Å². The van der Waals surface area contributed by atoms with Gasteiger partial charge >= 0.3 is 0 Å². The second-order valence-corrected chi connectivity index (χ2v) is 3.67. The molecule has 0 bridgehead atoms. The minimum Gasteiger partial charge on any atom is -0.385 e. The van der Waals surface area contributed by atoms with Crippen molar-refractivity contribution in [2.24, 2.45) is 5.92 Å². The molecule has 1 aromatic rings. The van der Waals surface area contributed by atoms with Gasteiger partial charge in [0.15, 0.2) is 0 Å². The average Bonchev–Trinajstić information content (AvgIpc) is 2.06. The van der Waals surface area contributed by atoms with Crippen molar-refractivity contribution in [3.05, 3.63) is 35.9 Å². The number of benzene rings is 1. The third-order valence-electron chi connectivity index (χ3n) is 2.48. The molecule has 0 aliphatic heterocycles. The highest BCUT2D eigenvalue weighted by Crippen LogP contribution is 2.28.